The highest BCUT2D eigenvalue weighted by atomic mass is 15.2. The van der Waals surface area contributed by atoms with Crippen LogP contribution < -0.4 is 4.90 Å². The third-order valence-electron chi connectivity index (χ3n) is 3.21. The van der Waals surface area contributed by atoms with E-state index in [-0.39, 0.29) is 0 Å². The number of nitrogens with zero attached hydrogens (tertiary/aromatic N) is 4. The van der Waals surface area contributed by atoms with Crippen LogP contribution in [0.15, 0.2) is 24.5 Å². The summed E-state index contributed by atoms with van der Waals surface area (Å²) in [7, 11) is 2.05. The maximum atomic E-state index is 4.56. The Morgan fingerprint density at radius 1 is 1.21 bits per heavy atom. The maximum absolute atomic E-state index is 4.56. The van der Waals surface area contributed by atoms with Crippen LogP contribution in [0.2, 0.25) is 0 Å². The normalized spacial score (nSPS) is 10.5. The van der Waals surface area contributed by atoms with E-state index in [0.717, 1.165) is 30.3 Å². The van der Waals surface area contributed by atoms with Gasteiger partial charge in [-0.25, -0.2) is 9.97 Å². The van der Waals surface area contributed by atoms with E-state index in [2.05, 4.69) is 46.8 Å². The highest BCUT2D eigenvalue weighted by molar-refractivity contribution is 5.46. The van der Waals surface area contributed by atoms with Gasteiger partial charge in [0.25, 0.3) is 0 Å². The number of aromatic nitrogens is 3. The van der Waals surface area contributed by atoms with Gasteiger partial charge >= 0.3 is 0 Å². The minimum absolute atomic E-state index is 0.760. The van der Waals surface area contributed by atoms with Crippen LogP contribution in [0.4, 0.5) is 5.82 Å². The smallest absolute Gasteiger partial charge is 0.135 e. The minimum Gasteiger partial charge on any atom is -0.353 e. The predicted octanol–water partition coefficient (Wildman–Crippen LogP) is 2.69. The predicted molar refractivity (Wildman–Crippen MR) is 77.2 cm³/mol. The molecule has 0 atom stereocenters. The fraction of sp³-hybridized carbons (Fsp3) is 0.400. The van der Waals surface area contributed by atoms with Crippen molar-refractivity contribution < 1.29 is 0 Å². The zero-order valence-corrected chi connectivity index (χ0v) is 12.0. The van der Waals surface area contributed by atoms with E-state index >= 15 is 0 Å². The SMILES string of the molecule is CCc1cnc(C)nc1N(C)Cc1ncccc1C. The van der Waals surface area contributed by atoms with Crippen molar-refractivity contribution in [2.24, 2.45) is 0 Å². The van der Waals surface area contributed by atoms with E-state index < -0.39 is 0 Å². The lowest BCUT2D eigenvalue weighted by Crippen LogP contribution is -2.21. The zero-order valence-electron chi connectivity index (χ0n) is 12.0. The molecule has 0 aliphatic carbocycles. The third kappa shape index (κ3) is 3.08. The van der Waals surface area contributed by atoms with Gasteiger partial charge in [-0.1, -0.05) is 13.0 Å². The molecule has 2 rings (SSSR count). The van der Waals surface area contributed by atoms with Crippen LogP contribution in [-0.4, -0.2) is 22.0 Å². The molecule has 0 saturated carbocycles. The zero-order chi connectivity index (χ0) is 13.8. The number of anilines is 1. The lowest BCUT2D eigenvalue weighted by Gasteiger charge is -2.21. The molecule has 0 N–H and O–H groups in total. The Hall–Kier alpha value is -1.97. The van der Waals surface area contributed by atoms with E-state index in [0.29, 0.717) is 0 Å². The molecule has 0 saturated heterocycles. The summed E-state index contributed by atoms with van der Waals surface area (Å²) in [6.45, 7) is 6.89. The van der Waals surface area contributed by atoms with E-state index in [4.69, 9.17) is 0 Å². The average Bonchev–Trinajstić information content (AvgIpc) is 2.41. The van der Waals surface area contributed by atoms with Gasteiger partial charge in [-0.3, -0.25) is 4.98 Å². The molecule has 2 heterocycles. The Balaban J connectivity index is 2.27. The first kappa shape index (κ1) is 13.5. The topological polar surface area (TPSA) is 41.9 Å². The van der Waals surface area contributed by atoms with Crippen molar-refractivity contribution in [3.63, 3.8) is 0 Å². The first-order valence-electron chi connectivity index (χ1n) is 6.56. The van der Waals surface area contributed by atoms with Crippen molar-refractivity contribution in [3.8, 4) is 0 Å². The summed E-state index contributed by atoms with van der Waals surface area (Å²) < 4.78 is 0. The van der Waals surface area contributed by atoms with Crippen molar-refractivity contribution >= 4 is 5.82 Å². The van der Waals surface area contributed by atoms with E-state index in [9.17, 15) is 0 Å². The highest BCUT2D eigenvalue weighted by Gasteiger charge is 2.11. The Labute approximate surface area is 114 Å². The number of hydrogen-bond acceptors (Lipinski definition) is 4. The Morgan fingerprint density at radius 3 is 2.68 bits per heavy atom. The molecule has 2 aromatic rings. The largest absolute Gasteiger partial charge is 0.353 e. The molecule has 2 aromatic heterocycles. The maximum Gasteiger partial charge on any atom is 0.135 e. The quantitative estimate of drug-likeness (QED) is 0.843. The summed E-state index contributed by atoms with van der Waals surface area (Å²) in [4.78, 5) is 15.4. The second-order valence-electron chi connectivity index (χ2n) is 4.74. The van der Waals surface area contributed by atoms with Crippen LogP contribution >= 0.6 is 0 Å². The minimum atomic E-state index is 0.760. The Bertz CT molecular complexity index is 566. The molecule has 0 spiro atoms. The van der Waals surface area contributed by atoms with Gasteiger partial charge in [-0.2, -0.15) is 0 Å². The second kappa shape index (κ2) is 5.78. The molecule has 0 aliphatic rings. The molecule has 19 heavy (non-hydrogen) atoms. The summed E-state index contributed by atoms with van der Waals surface area (Å²) in [5.74, 6) is 1.80. The number of rotatable bonds is 4. The van der Waals surface area contributed by atoms with Gasteiger partial charge in [0, 0.05) is 25.0 Å². The molecule has 0 fully saturated rings. The van der Waals surface area contributed by atoms with Crippen molar-refractivity contribution in [1.29, 1.82) is 0 Å². The molecule has 0 bridgehead atoms. The van der Waals surface area contributed by atoms with Crippen molar-refractivity contribution in [2.75, 3.05) is 11.9 Å². The van der Waals surface area contributed by atoms with Crippen LogP contribution in [0.1, 0.15) is 29.6 Å². The lowest BCUT2D eigenvalue weighted by atomic mass is 10.2. The first-order valence-corrected chi connectivity index (χ1v) is 6.56. The first-order chi connectivity index (χ1) is 9.11. The molecule has 4 heteroatoms. The summed E-state index contributed by atoms with van der Waals surface area (Å²) in [6, 6.07) is 4.05. The van der Waals surface area contributed by atoms with Gasteiger partial charge < -0.3 is 4.90 Å². The summed E-state index contributed by atoms with van der Waals surface area (Å²) in [5, 5.41) is 0. The summed E-state index contributed by atoms with van der Waals surface area (Å²) in [5.41, 5.74) is 3.46. The van der Waals surface area contributed by atoms with Crippen LogP contribution in [0.5, 0.6) is 0 Å². The van der Waals surface area contributed by atoms with Gasteiger partial charge in [0.15, 0.2) is 0 Å². The van der Waals surface area contributed by atoms with Crippen LogP contribution in [0.25, 0.3) is 0 Å². The fourth-order valence-corrected chi connectivity index (χ4v) is 2.05. The summed E-state index contributed by atoms with van der Waals surface area (Å²) >= 11 is 0. The van der Waals surface area contributed by atoms with Crippen LogP contribution in [0.3, 0.4) is 0 Å². The van der Waals surface area contributed by atoms with Crippen molar-refractivity contribution in [2.45, 2.75) is 33.7 Å². The molecule has 0 unspecified atom stereocenters. The van der Waals surface area contributed by atoms with E-state index in [1.807, 2.05) is 25.4 Å². The summed E-state index contributed by atoms with van der Waals surface area (Å²) in [6.07, 6.45) is 4.68. The second-order valence-corrected chi connectivity index (χ2v) is 4.74. The average molecular weight is 256 g/mol. The fourth-order valence-electron chi connectivity index (χ4n) is 2.05. The Kier molecular flexibility index (Phi) is 4.10. The molecule has 4 nitrogen and oxygen atoms in total. The number of hydrogen-bond donors (Lipinski definition) is 0. The van der Waals surface area contributed by atoms with Crippen molar-refractivity contribution in [3.05, 3.63) is 47.2 Å². The molecular formula is C15H20N4. The highest BCUT2D eigenvalue weighted by Crippen LogP contribution is 2.19. The van der Waals surface area contributed by atoms with Gasteiger partial charge in [-0.05, 0) is 31.9 Å². The molecule has 0 radical (unpaired) electrons. The van der Waals surface area contributed by atoms with E-state index in [1.165, 1.54) is 11.1 Å². The molecule has 0 aliphatic heterocycles. The van der Waals surface area contributed by atoms with Crippen molar-refractivity contribution in [1.82, 2.24) is 15.0 Å². The lowest BCUT2D eigenvalue weighted by molar-refractivity contribution is 0.830. The third-order valence-corrected chi connectivity index (χ3v) is 3.21. The van der Waals surface area contributed by atoms with Gasteiger partial charge in [0.2, 0.25) is 0 Å². The van der Waals surface area contributed by atoms with Gasteiger partial charge in [0.05, 0.1) is 12.2 Å². The standard InChI is InChI=1S/C15H20N4/c1-5-13-9-17-12(3)18-15(13)19(4)10-14-11(2)7-6-8-16-14/h6-9H,5,10H2,1-4H3. The molecule has 0 amide bonds. The monoisotopic (exact) mass is 256 g/mol. The number of aryl methyl sites for hydroxylation is 3. The van der Waals surface area contributed by atoms with Crippen LogP contribution in [0, 0.1) is 13.8 Å². The van der Waals surface area contributed by atoms with Crippen LogP contribution in [-0.2, 0) is 13.0 Å². The molecule has 0 aromatic carbocycles. The molecular weight excluding hydrogens is 236 g/mol. The Morgan fingerprint density at radius 2 is 2.00 bits per heavy atom. The van der Waals surface area contributed by atoms with Gasteiger partial charge in [0.1, 0.15) is 11.6 Å². The molecule has 100 valence electrons. The van der Waals surface area contributed by atoms with Gasteiger partial charge in [-0.15, -0.1) is 0 Å². The van der Waals surface area contributed by atoms with E-state index in [1.54, 1.807) is 0 Å². The number of pyridine rings is 1.